The predicted octanol–water partition coefficient (Wildman–Crippen LogP) is 5.94. The first-order valence-electron chi connectivity index (χ1n) is 9.26. The minimum Gasteiger partial charge on any atom is -0.384 e. The molecule has 0 radical (unpaired) electrons. The first-order chi connectivity index (χ1) is 10.2. The third-order valence-corrected chi connectivity index (χ3v) is 4.39. The summed E-state index contributed by atoms with van der Waals surface area (Å²) in [7, 11) is 1.78. The zero-order valence-electron chi connectivity index (χ0n) is 15.9. The quantitative estimate of drug-likeness (QED) is 0.579. The number of methoxy groups -OCH3 is 1. The first kappa shape index (κ1) is 23.2. The number of hydrogen-bond acceptors (Lipinski definition) is 2. The monoisotopic (exact) mass is 302 g/mol. The van der Waals surface area contributed by atoms with Gasteiger partial charge in [0, 0.05) is 26.9 Å². The smallest absolute Gasteiger partial charge is 0.0490 e. The van der Waals surface area contributed by atoms with Crippen LogP contribution in [0, 0.1) is 17.8 Å². The molecule has 1 aliphatic heterocycles. The summed E-state index contributed by atoms with van der Waals surface area (Å²) in [5, 5.41) is 0. The van der Waals surface area contributed by atoms with Gasteiger partial charge in [0.25, 0.3) is 0 Å². The molecule has 1 rings (SSSR count). The number of rotatable bonds is 7. The average Bonchev–Trinajstić information content (AvgIpc) is 2.57. The zero-order valence-corrected chi connectivity index (χ0v) is 15.9. The van der Waals surface area contributed by atoms with E-state index in [-0.39, 0.29) is 0 Å². The Balaban J connectivity index is 0. The molecule has 1 aliphatic rings. The van der Waals surface area contributed by atoms with Crippen molar-refractivity contribution in [1.82, 2.24) is 0 Å². The van der Waals surface area contributed by atoms with Gasteiger partial charge in [-0.3, -0.25) is 0 Å². The minimum atomic E-state index is 0.792. The van der Waals surface area contributed by atoms with Crippen LogP contribution in [-0.2, 0) is 9.47 Å². The van der Waals surface area contributed by atoms with Gasteiger partial charge in [-0.1, -0.05) is 60.8 Å². The Morgan fingerprint density at radius 1 is 1.05 bits per heavy atom. The van der Waals surface area contributed by atoms with Crippen molar-refractivity contribution in [2.75, 3.05) is 26.9 Å². The molecule has 2 nitrogen and oxygen atoms in total. The van der Waals surface area contributed by atoms with E-state index in [1.807, 2.05) is 13.8 Å². The van der Waals surface area contributed by atoms with E-state index in [0.29, 0.717) is 0 Å². The Morgan fingerprint density at radius 2 is 1.62 bits per heavy atom. The molecule has 0 aromatic carbocycles. The molecule has 0 saturated carbocycles. The van der Waals surface area contributed by atoms with E-state index in [4.69, 9.17) is 9.47 Å². The topological polar surface area (TPSA) is 18.5 Å². The third kappa shape index (κ3) is 13.3. The predicted molar refractivity (Wildman–Crippen MR) is 94.9 cm³/mol. The molecular weight excluding hydrogens is 260 g/mol. The molecule has 0 aromatic rings. The molecule has 2 unspecified atom stereocenters. The zero-order chi connectivity index (χ0) is 16.5. The number of ether oxygens (including phenoxy) is 2. The third-order valence-electron chi connectivity index (χ3n) is 4.39. The van der Waals surface area contributed by atoms with Crippen LogP contribution < -0.4 is 0 Å². The van der Waals surface area contributed by atoms with Crippen LogP contribution in [0.1, 0.15) is 80.1 Å². The van der Waals surface area contributed by atoms with Crippen LogP contribution in [0.25, 0.3) is 0 Å². The van der Waals surface area contributed by atoms with Crippen molar-refractivity contribution in [3.8, 4) is 0 Å². The number of hydrogen-bond donors (Lipinski definition) is 0. The highest BCUT2D eigenvalue weighted by Gasteiger charge is 2.18. The summed E-state index contributed by atoms with van der Waals surface area (Å²) >= 11 is 0. The largest absolute Gasteiger partial charge is 0.384 e. The van der Waals surface area contributed by atoms with Gasteiger partial charge in [0.2, 0.25) is 0 Å². The van der Waals surface area contributed by atoms with E-state index < -0.39 is 0 Å². The second-order valence-electron chi connectivity index (χ2n) is 5.85. The minimum absolute atomic E-state index is 0.792. The normalized spacial score (nSPS) is 17.9. The van der Waals surface area contributed by atoms with E-state index in [9.17, 15) is 0 Å². The van der Waals surface area contributed by atoms with Crippen molar-refractivity contribution in [3.63, 3.8) is 0 Å². The summed E-state index contributed by atoms with van der Waals surface area (Å²) in [4.78, 5) is 0. The van der Waals surface area contributed by atoms with Gasteiger partial charge in [0.1, 0.15) is 0 Å². The Morgan fingerprint density at radius 3 is 2.00 bits per heavy atom. The summed E-state index contributed by atoms with van der Waals surface area (Å²) in [5.41, 5.74) is 0. The summed E-state index contributed by atoms with van der Waals surface area (Å²) in [5.74, 6) is 2.64. The summed E-state index contributed by atoms with van der Waals surface area (Å²) in [6.45, 7) is 16.0. The highest BCUT2D eigenvalue weighted by atomic mass is 16.5. The van der Waals surface area contributed by atoms with Crippen molar-refractivity contribution < 1.29 is 9.47 Å². The molecule has 1 heterocycles. The fourth-order valence-electron chi connectivity index (χ4n) is 2.67. The van der Waals surface area contributed by atoms with Gasteiger partial charge in [-0.05, 0) is 37.0 Å². The lowest BCUT2D eigenvalue weighted by Gasteiger charge is -2.26. The van der Waals surface area contributed by atoms with Crippen molar-refractivity contribution in [3.05, 3.63) is 0 Å². The molecule has 0 bridgehead atoms. The van der Waals surface area contributed by atoms with E-state index in [1.165, 1.54) is 38.5 Å². The van der Waals surface area contributed by atoms with Crippen molar-refractivity contribution >= 4 is 0 Å². The van der Waals surface area contributed by atoms with Crippen molar-refractivity contribution in [2.24, 2.45) is 17.8 Å². The Hall–Kier alpha value is -0.0800. The molecule has 0 N–H and O–H groups in total. The van der Waals surface area contributed by atoms with Crippen LogP contribution in [0.2, 0.25) is 0 Å². The van der Waals surface area contributed by atoms with E-state index in [2.05, 4.69) is 27.7 Å². The van der Waals surface area contributed by atoms with Crippen LogP contribution in [-0.4, -0.2) is 26.9 Å². The van der Waals surface area contributed by atoms with Crippen LogP contribution in [0.15, 0.2) is 0 Å². The molecule has 0 aromatic heterocycles. The molecule has 0 aliphatic carbocycles. The molecule has 2 heteroatoms. The van der Waals surface area contributed by atoms with Gasteiger partial charge < -0.3 is 9.47 Å². The molecule has 0 spiro atoms. The van der Waals surface area contributed by atoms with E-state index in [0.717, 1.165) is 37.6 Å². The van der Waals surface area contributed by atoms with Gasteiger partial charge in [0.05, 0.1) is 0 Å². The Kier molecular flexibility index (Phi) is 19.8. The lowest BCUT2D eigenvalue weighted by molar-refractivity contribution is 0.0489. The molecule has 2 atom stereocenters. The molecule has 0 amide bonds. The fourth-order valence-corrected chi connectivity index (χ4v) is 2.67. The summed E-state index contributed by atoms with van der Waals surface area (Å²) in [6, 6.07) is 0. The lowest BCUT2D eigenvalue weighted by Crippen LogP contribution is -2.21. The molecule has 1 fully saturated rings. The van der Waals surface area contributed by atoms with Gasteiger partial charge >= 0.3 is 0 Å². The summed E-state index contributed by atoms with van der Waals surface area (Å²) < 4.78 is 10.3. The summed E-state index contributed by atoms with van der Waals surface area (Å²) in [6.07, 6.45) is 7.74. The highest BCUT2D eigenvalue weighted by molar-refractivity contribution is 4.68. The highest BCUT2D eigenvalue weighted by Crippen LogP contribution is 2.25. The van der Waals surface area contributed by atoms with Gasteiger partial charge in [-0.15, -0.1) is 0 Å². The van der Waals surface area contributed by atoms with Crippen LogP contribution in [0.5, 0.6) is 0 Å². The maximum Gasteiger partial charge on any atom is 0.0490 e. The van der Waals surface area contributed by atoms with Crippen LogP contribution in [0.3, 0.4) is 0 Å². The van der Waals surface area contributed by atoms with Crippen LogP contribution in [0.4, 0.5) is 0 Å². The second kappa shape index (κ2) is 18.0. The molecular formula is C19H42O2. The Bertz CT molecular complexity index is 170. The maximum atomic E-state index is 5.29. The first-order valence-corrected chi connectivity index (χ1v) is 9.26. The van der Waals surface area contributed by atoms with Gasteiger partial charge in [0.15, 0.2) is 0 Å². The molecule has 1 saturated heterocycles. The average molecular weight is 303 g/mol. The van der Waals surface area contributed by atoms with Crippen LogP contribution >= 0.6 is 0 Å². The van der Waals surface area contributed by atoms with Crippen molar-refractivity contribution in [2.45, 2.75) is 80.1 Å². The standard InChI is InChI=1S/C9H18O.C8H18O.C2H6/c1-3-8(2)9-4-6-10-7-5-9;1-4-6-8(5-2)7-9-3;1-2/h8-9H,3-7H2,1-2H3;8H,4-7H2,1-3H3;1-2H3. The maximum absolute atomic E-state index is 5.29. The van der Waals surface area contributed by atoms with Gasteiger partial charge in [-0.2, -0.15) is 0 Å². The molecule has 130 valence electrons. The van der Waals surface area contributed by atoms with E-state index in [1.54, 1.807) is 7.11 Å². The Labute approximate surface area is 135 Å². The fraction of sp³-hybridized carbons (Fsp3) is 1.00. The van der Waals surface area contributed by atoms with Crippen molar-refractivity contribution in [1.29, 1.82) is 0 Å². The lowest BCUT2D eigenvalue weighted by atomic mass is 9.86. The SMILES string of the molecule is CC.CCC(C)C1CCOCC1.CCCC(CC)COC. The van der Waals surface area contributed by atoms with E-state index >= 15 is 0 Å². The van der Waals surface area contributed by atoms with Gasteiger partial charge in [-0.25, -0.2) is 0 Å². The molecule has 21 heavy (non-hydrogen) atoms. The second-order valence-corrected chi connectivity index (χ2v) is 5.85.